The first-order chi connectivity index (χ1) is 12.4. The normalized spacial score (nSPS) is 12.0. The number of hydrogen-bond acceptors (Lipinski definition) is 5. The largest absolute Gasteiger partial charge is 0.504 e. The number of ether oxygens (including phenoxy) is 2. The van der Waals surface area contributed by atoms with Crippen LogP contribution in [0.15, 0.2) is 41.5 Å². The van der Waals surface area contributed by atoms with Gasteiger partial charge in [-0.1, -0.05) is 6.07 Å². The molecule has 6 heteroatoms. The number of hydrazone groups is 1. The molecule has 26 heavy (non-hydrogen) atoms. The highest BCUT2D eigenvalue weighted by Crippen LogP contribution is 2.26. The van der Waals surface area contributed by atoms with Crippen LogP contribution in [0, 0.1) is 13.8 Å². The van der Waals surface area contributed by atoms with Crippen molar-refractivity contribution in [1.82, 2.24) is 5.43 Å². The van der Waals surface area contributed by atoms with Crippen molar-refractivity contribution in [2.75, 3.05) is 6.61 Å². The van der Waals surface area contributed by atoms with E-state index in [0.717, 1.165) is 11.1 Å². The molecule has 1 unspecified atom stereocenters. The third-order valence-electron chi connectivity index (χ3n) is 3.55. The van der Waals surface area contributed by atoms with Gasteiger partial charge in [-0.25, -0.2) is 5.43 Å². The van der Waals surface area contributed by atoms with Gasteiger partial charge in [-0.15, -0.1) is 0 Å². The molecule has 2 aromatic carbocycles. The van der Waals surface area contributed by atoms with Gasteiger partial charge in [0.05, 0.1) is 12.8 Å². The fourth-order valence-electron chi connectivity index (χ4n) is 2.40. The van der Waals surface area contributed by atoms with Crippen molar-refractivity contribution >= 4 is 12.1 Å². The number of phenolic OH excluding ortho intramolecular Hbond substituents is 1. The second kappa shape index (κ2) is 8.89. The zero-order valence-corrected chi connectivity index (χ0v) is 15.4. The third kappa shape index (κ3) is 5.51. The number of amides is 1. The Bertz CT molecular complexity index is 782. The van der Waals surface area contributed by atoms with Gasteiger partial charge in [0.15, 0.2) is 17.6 Å². The van der Waals surface area contributed by atoms with Gasteiger partial charge in [-0.05, 0) is 74.7 Å². The molecule has 0 aliphatic heterocycles. The Kier molecular flexibility index (Phi) is 6.60. The van der Waals surface area contributed by atoms with Crippen LogP contribution in [0.4, 0.5) is 0 Å². The van der Waals surface area contributed by atoms with Gasteiger partial charge in [0.25, 0.3) is 5.91 Å². The quantitative estimate of drug-likeness (QED) is 0.589. The van der Waals surface area contributed by atoms with Crippen molar-refractivity contribution in [3.8, 4) is 17.2 Å². The average Bonchev–Trinajstić information content (AvgIpc) is 2.56. The van der Waals surface area contributed by atoms with Crippen molar-refractivity contribution in [1.29, 1.82) is 0 Å². The van der Waals surface area contributed by atoms with Crippen molar-refractivity contribution < 1.29 is 19.4 Å². The molecule has 0 heterocycles. The molecular formula is C20H24N2O4. The van der Waals surface area contributed by atoms with Gasteiger partial charge in [-0.2, -0.15) is 5.10 Å². The standard InChI is InChI=1S/C20H24N2O4/c1-5-25-19-11-16(6-7-18(19)23)12-21-22-20(24)15(4)26-17-9-13(2)8-14(3)10-17/h6-12,15,23H,5H2,1-4H3,(H,22,24). The SMILES string of the molecule is CCOc1cc(C=NNC(=O)C(C)Oc2cc(C)cc(C)c2)ccc1O. The number of benzene rings is 2. The molecule has 2 N–H and O–H groups in total. The number of aryl methyl sites for hydroxylation is 2. The Morgan fingerprint density at radius 2 is 1.92 bits per heavy atom. The Morgan fingerprint density at radius 3 is 2.58 bits per heavy atom. The van der Waals surface area contributed by atoms with Crippen LogP contribution in [-0.4, -0.2) is 29.9 Å². The van der Waals surface area contributed by atoms with Crippen molar-refractivity contribution in [3.05, 3.63) is 53.1 Å². The summed E-state index contributed by atoms with van der Waals surface area (Å²) in [4.78, 5) is 12.1. The Labute approximate surface area is 153 Å². The summed E-state index contributed by atoms with van der Waals surface area (Å²) >= 11 is 0. The monoisotopic (exact) mass is 356 g/mol. The smallest absolute Gasteiger partial charge is 0.280 e. The van der Waals surface area contributed by atoms with E-state index in [9.17, 15) is 9.90 Å². The van der Waals surface area contributed by atoms with Crippen molar-refractivity contribution in [2.45, 2.75) is 33.8 Å². The van der Waals surface area contributed by atoms with Crippen molar-refractivity contribution in [3.63, 3.8) is 0 Å². The van der Waals surface area contributed by atoms with E-state index in [2.05, 4.69) is 10.5 Å². The molecule has 1 amide bonds. The summed E-state index contributed by atoms with van der Waals surface area (Å²) < 4.78 is 11.0. The van der Waals surface area contributed by atoms with E-state index in [1.165, 1.54) is 12.3 Å². The highest BCUT2D eigenvalue weighted by atomic mass is 16.5. The molecule has 138 valence electrons. The van der Waals surface area contributed by atoms with Gasteiger partial charge >= 0.3 is 0 Å². The average molecular weight is 356 g/mol. The predicted octanol–water partition coefficient (Wildman–Crippen LogP) is 3.33. The van der Waals surface area contributed by atoms with Crippen molar-refractivity contribution in [2.24, 2.45) is 5.10 Å². The van der Waals surface area contributed by atoms with E-state index in [1.54, 1.807) is 19.1 Å². The van der Waals surface area contributed by atoms with Crippen LogP contribution in [0.5, 0.6) is 17.2 Å². The molecular weight excluding hydrogens is 332 g/mol. The van der Waals surface area contributed by atoms with Gasteiger partial charge in [0.1, 0.15) is 5.75 Å². The van der Waals surface area contributed by atoms with Crippen LogP contribution >= 0.6 is 0 Å². The molecule has 1 atom stereocenters. The van der Waals surface area contributed by atoms with E-state index in [1.807, 2.05) is 39.0 Å². The first kappa shape index (κ1) is 19.3. The summed E-state index contributed by atoms with van der Waals surface area (Å²) in [5.74, 6) is 0.719. The zero-order chi connectivity index (χ0) is 19.1. The lowest BCUT2D eigenvalue weighted by Gasteiger charge is -2.14. The van der Waals surface area contributed by atoms with Gasteiger partial charge < -0.3 is 14.6 Å². The minimum absolute atomic E-state index is 0.0588. The number of rotatable bonds is 7. The summed E-state index contributed by atoms with van der Waals surface area (Å²) in [5.41, 5.74) is 5.28. The number of carbonyl (C=O) groups excluding carboxylic acids is 1. The molecule has 0 spiro atoms. The number of nitrogens with zero attached hydrogens (tertiary/aromatic N) is 1. The third-order valence-corrected chi connectivity index (χ3v) is 3.55. The molecule has 0 aliphatic carbocycles. The molecule has 0 radical (unpaired) electrons. The highest BCUT2D eigenvalue weighted by Gasteiger charge is 2.14. The molecule has 6 nitrogen and oxygen atoms in total. The molecule has 0 saturated carbocycles. The highest BCUT2D eigenvalue weighted by molar-refractivity contribution is 5.84. The van der Waals surface area contributed by atoms with E-state index >= 15 is 0 Å². The maximum Gasteiger partial charge on any atom is 0.280 e. The second-order valence-electron chi connectivity index (χ2n) is 5.98. The number of carbonyl (C=O) groups is 1. The fourth-order valence-corrected chi connectivity index (χ4v) is 2.40. The lowest BCUT2D eigenvalue weighted by molar-refractivity contribution is -0.127. The Morgan fingerprint density at radius 1 is 1.23 bits per heavy atom. The molecule has 0 aliphatic rings. The molecule has 0 saturated heterocycles. The maximum atomic E-state index is 12.1. The number of hydrogen-bond donors (Lipinski definition) is 2. The summed E-state index contributed by atoms with van der Waals surface area (Å²) in [5, 5.41) is 13.6. The van der Waals surface area contributed by atoms with Crippen LogP contribution in [0.25, 0.3) is 0 Å². The van der Waals surface area contributed by atoms with E-state index in [0.29, 0.717) is 23.7 Å². The van der Waals surface area contributed by atoms with Gasteiger partial charge in [0, 0.05) is 0 Å². The van der Waals surface area contributed by atoms with E-state index < -0.39 is 6.10 Å². The summed E-state index contributed by atoms with van der Waals surface area (Å²) in [7, 11) is 0. The second-order valence-corrected chi connectivity index (χ2v) is 5.98. The predicted molar refractivity (Wildman–Crippen MR) is 101 cm³/mol. The maximum absolute atomic E-state index is 12.1. The van der Waals surface area contributed by atoms with Gasteiger partial charge in [-0.3, -0.25) is 4.79 Å². The lowest BCUT2D eigenvalue weighted by Crippen LogP contribution is -2.33. The number of aromatic hydroxyl groups is 1. The molecule has 2 rings (SSSR count). The molecule has 0 bridgehead atoms. The summed E-state index contributed by atoms with van der Waals surface area (Å²) in [6, 6.07) is 10.6. The first-order valence-electron chi connectivity index (χ1n) is 8.42. The minimum atomic E-state index is -0.688. The number of phenols is 1. The first-order valence-corrected chi connectivity index (χ1v) is 8.42. The lowest BCUT2D eigenvalue weighted by atomic mass is 10.1. The molecule has 0 fully saturated rings. The summed E-state index contributed by atoms with van der Waals surface area (Å²) in [6.07, 6.45) is 0.788. The molecule has 0 aromatic heterocycles. The Balaban J connectivity index is 1.94. The fraction of sp³-hybridized carbons (Fsp3) is 0.300. The van der Waals surface area contributed by atoms with E-state index in [-0.39, 0.29) is 11.7 Å². The van der Waals surface area contributed by atoms with Crippen LogP contribution in [-0.2, 0) is 4.79 Å². The Hall–Kier alpha value is -3.02. The van der Waals surface area contributed by atoms with Crippen LogP contribution in [0.3, 0.4) is 0 Å². The minimum Gasteiger partial charge on any atom is -0.504 e. The van der Waals surface area contributed by atoms with Gasteiger partial charge in [0.2, 0.25) is 0 Å². The zero-order valence-electron chi connectivity index (χ0n) is 15.4. The molecule has 2 aromatic rings. The summed E-state index contributed by atoms with van der Waals surface area (Å²) in [6.45, 7) is 7.89. The topological polar surface area (TPSA) is 80.2 Å². The van der Waals surface area contributed by atoms with E-state index in [4.69, 9.17) is 9.47 Å². The van der Waals surface area contributed by atoms with Crippen LogP contribution in [0.1, 0.15) is 30.5 Å². The van der Waals surface area contributed by atoms with Crippen LogP contribution in [0.2, 0.25) is 0 Å². The number of nitrogens with one attached hydrogen (secondary N) is 1. The van der Waals surface area contributed by atoms with Crippen LogP contribution < -0.4 is 14.9 Å².